The van der Waals surface area contributed by atoms with Gasteiger partial charge in [-0.15, -0.1) is 0 Å². The molecule has 0 amide bonds. The molecule has 10 heteroatoms. The van der Waals surface area contributed by atoms with Crippen LogP contribution in [0.1, 0.15) is 33.6 Å². The van der Waals surface area contributed by atoms with E-state index in [4.69, 9.17) is 4.74 Å². The molecular weight excluding hydrogens is 498 g/mol. The highest BCUT2D eigenvalue weighted by atomic mass is 32.8. The van der Waals surface area contributed by atoms with Gasteiger partial charge in [-0.25, -0.2) is 14.0 Å². The normalized spacial score (nSPS) is 21.7. The summed E-state index contributed by atoms with van der Waals surface area (Å²) in [6.07, 6.45) is 3.00. The highest BCUT2D eigenvalue weighted by Crippen LogP contribution is 2.50. The van der Waals surface area contributed by atoms with Gasteiger partial charge in [-0.2, -0.15) is 0 Å². The highest BCUT2D eigenvalue weighted by molar-refractivity contribution is 8.31. The van der Waals surface area contributed by atoms with Crippen LogP contribution in [0.2, 0.25) is 0 Å². The van der Waals surface area contributed by atoms with E-state index in [0.717, 1.165) is 27.3 Å². The third kappa shape index (κ3) is 3.61. The number of non-ortho nitro benzene ring substituents is 1. The SMILES string of the molecule is O=S=S1CC(C2c3ccccc3-c3cncn32)C(OC(=O)c2ccc([N+](=O)[O-])cc2)c2ccccc21. The van der Waals surface area contributed by atoms with Crippen LogP contribution in [0.25, 0.3) is 11.3 Å². The lowest BCUT2D eigenvalue weighted by Crippen LogP contribution is -2.35. The number of aromatic nitrogens is 2. The molecule has 0 aliphatic carbocycles. The second-order valence-corrected chi connectivity index (χ2v) is 11.8. The average molecular weight is 518 g/mol. The molecule has 36 heavy (non-hydrogen) atoms. The van der Waals surface area contributed by atoms with Crippen LogP contribution in [-0.2, 0) is 24.4 Å². The molecule has 3 heterocycles. The zero-order valence-corrected chi connectivity index (χ0v) is 20.4. The summed E-state index contributed by atoms with van der Waals surface area (Å²) >= 11 is 0. The van der Waals surface area contributed by atoms with E-state index in [9.17, 15) is 19.1 Å². The molecule has 4 unspecified atom stereocenters. The molecule has 4 aromatic rings. The molecule has 2 aliphatic heterocycles. The van der Waals surface area contributed by atoms with Gasteiger partial charge in [0.15, 0.2) is 0 Å². The molecule has 2 aliphatic rings. The smallest absolute Gasteiger partial charge is 0.338 e. The average Bonchev–Trinajstić information content (AvgIpc) is 3.50. The van der Waals surface area contributed by atoms with E-state index < -0.39 is 26.5 Å². The summed E-state index contributed by atoms with van der Waals surface area (Å²) in [7, 11) is -0.0356. The van der Waals surface area contributed by atoms with E-state index in [1.54, 1.807) is 6.33 Å². The van der Waals surface area contributed by atoms with Crippen LogP contribution in [0.15, 0.2) is 90.2 Å². The maximum Gasteiger partial charge on any atom is 0.338 e. The van der Waals surface area contributed by atoms with Crippen molar-refractivity contribution in [3.05, 3.63) is 112 Å². The lowest BCUT2D eigenvalue weighted by Gasteiger charge is -2.37. The summed E-state index contributed by atoms with van der Waals surface area (Å²) in [6.45, 7) is 0. The monoisotopic (exact) mass is 517 g/mol. The van der Waals surface area contributed by atoms with Gasteiger partial charge in [0.05, 0.1) is 34.7 Å². The molecule has 0 spiro atoms. The minimum Gasteiger partial charge on any atom is -0.453 e. The molecule has 0 fully saturated rings. The number of carbonyl (C=O) groups excluding carboxylic acids is 1. The molecule has 3 aromatic carbocycles. The predicted octanol–water partition coefficient (Wildman–Crippen LogP) is 4.69. The number of carbonyl (C=O) groups is 1. The largest absolute Gasteiger partial charge is 0.453 e. The molecule has 0 bridgehead atoms. The fourth-order valence-corrected chi connectivity index (χ4v) is 8.20. The number of nitro groups is 1. The van der Waals surface area contributed by atoms with Crippen molar-refractivity contribution in [2.45, 2.75) is 17.0 Å². The van der Waals surface area contributed by atoms with Crippen molar-refractivity contribution >= 4 is 31.3 Å². The van der Waals surface area contributed by atoms with Crippen molar-refractivity contribution in [1.82, 2.24) is 9.55 Å². The predicted molar refractivity (Wildman–Crippen MR) is 136 cm³/mol. The van der Waals surface area contributed by atoms with Crippen molar-refractivity contribution in [3.63, 3.8) is 0 Å². The number of esters is 1. The molecular formula is C26H19N3O5S2. The lowest BCUT2D eigenvalue weighted by atomic mass is 9.86. The first kappa shape index (κ1) is 22.6. The second kappa shape index (κ2) is 8.96. The fraction of sp³-hybridized carbons (Fsp3) is 0.154. The van der Waals surface area contributed by atoms with Gasteiger partial charge in [0, 0.05) is 39.8 Å². The van der Waals surface area contributed by atoms with Gasteiger partial charge in [-0.1, -0.05) is 51.9 Å². The number of imidazole rings is 1. The summed E-state index contributed by atoms with van der Waals surface area (Å²) in [4.78, 5) is 29.0. The van der Waals surface area contributed by atoms with Gasteiger partial charge >= 0.3 is 5.97 Å². The van der Waals surface area contributed by atoms with Crippen LogP contribution in [-0.4, -0.2) is 30.4 Å². The maximum atomic E-state index is 13.3. The topological polar surface area (TPSA) is 104 Å². The molecule has 4 atom stereocenters. The van der Waals surface area contributed by atoms with Crippen molar-refractivity contribution in [1.29, 1.82) is 0 Å². The minimum atomic E-state index is -0.621. The van der Waals surface area contributed by atoms with Crippen LogP contribution in [0.3, 0.4) is 0 Å². The highest BCUT2D eigenvalue weighted by Gasteiger charge is 2.44. The van der Waals surface area contributed by atoms with Crippen molar-refractivity contribution in [3.8, 4) is 11.3 Å². The Hall–Kier alpha value is -3.89. The zero-order chi connectivity index (χ0) is 24.8. The minimum absolute atomic E-state index is 0.0980. The third-order valence-corrected chi connectivity index (χ3v) is 9.91. The number of benzene rings is 3. The summed E-state index contributed by atoms with van der Waals surface area (Å²) < 4.78 is 20.5. The summed E-state index contributed by atoms with van der Waals surface area (Å²) in [5.74, 6) is -0.244. The molecule has 8 nitrogen and oxygen atoms in total. The lowest BCUT2D eigenvalue weighted by molar-refractivity contribution is -0.384. The number of fused-ring (bicyclic) bond motifs is 4. The van der Waals surface area contributed by atoms with E-state index in [0.29, 0.717) is 16.0 Å². The number of ether oxygens (including phenoxy) is 1. The Bertz CT molecular complexity index is 1580. The quantitative estimate of drug-likeness (QED) is 0.221. The van der Waals surface area contributed by atoms with E-state index in [1.807, 2.05) is 42.6 Å². The Morgan fingerprint density at radius 3 is 2.53 bits per heavy atom. The maximum absolute atomic E-state index is 13.3. The third-order valence-electron chi connectivity index (χ3n) is 6.76. The van der Waals surface area contributed by atoms with E-state index in [-0.39, 0.29) is 23.2 Å². The summed E-state index contributed by atoms with van der Waals surface area (Å²) in [5.41, 5.74) is 4.13. The number of nitro benzene ring substituents is 1. The van der Waals surface area contributed by atoms with E-state index in [2.05, 4.69) is 21.7 Å². The van der Waals surface area contributed by atoms with Gasteiger partial charge in [-0.05, 0) is 23.8 Å². The second-order valence-electron chi connectivity index (χ2n) is 8.63. The summed E-state index contributed by atoms with van der Waals surface area (Å²) in [5, 5.41) is 11.0. The standard InChI is InChI=1S/C26H19N3O5S2/c30-26(16-9-11-17(12-10-16)29(31)32)34-25-20-7-3-4-8-23(20)36(35-33)14-21(25)24-19-6-2-1-5-18(19)22-13-27-15-28(22)24/h1-13,15,21,24-25H,14H2. The van der Waals surface area contributed by atoms with Crippen LogP contribution >= 0.6 is 0 Å². The van der Waals surface area contributed by atoms with Gasteiger partial charge in [-0.3, -0.25) is 10.1 Å². The Morgan fingerprint density at radius 2 is 1.78 bits per heavy atom. The molecule has 0 saturated carbocycles. The van der Waals surface area contributed by atoms with Crippen molar-refractivity contribution in [2.24, 2.45) is 5.92 Å². The molecule has 6 rings (SSSR count). The number of rotatable bonds is 4. The molecule has 0 N–H and O–H groups in total. The Labute approximate surface area is 211 Å². The van der Waals surface area contributed by atoms with Gasteiger partial charge in [0.1, 0.15) is 16.3 Å². The van der Waals surface area contributed by atoms with Gasteiger partial charge < -0.3 is 9.30 Å². The first-order valence-electron chi connectivity index (χ1n) is 11.2. The Balaban J connectivity index is 1.45. The van der Waals surface area contributed by atoms with Crippen LogP contribution in [0, 0.1) is 16.0 Å². The first-order chi connectivity index (χ1) is 17.6. The molecule has 180 valence electrons. The fourth-order valence-electron chi connectivity index (χ4n) is 5.19. The Morgan fingerprint density at radius 1 is 1.06 bits per heavy atom. The summed E-state index contributed by atoms with van der Waals surface area (Å²) in [6, 6.07) is 21.0. The number of nitrogens with zero attached hydrogens (tertiary/aromatic N) is 3. The molecule has 0 saturated heterocycles. The zero-order valence-electron chi connectivity index (χ0n) is 18.7. The van der Waals surface area contributed by atoms with Gasteiger partial charge in [0.25, 0.3) is 5.69 Å². The Kier molecular flexibility index (Phi) is 5.62. The van der Waals surface area contributed by atoms with Crippen molar-refractivity contribution in [2.75, 3.05) is 5.75 Å². The van der Waals surface area contributed by atoms with Crippen LogP contribution < -0.4 is 0 Å². The van der Waals surface area contributed by atoms with Crippen LogP contribution in [0.4, 0.5) is 5.69 Å². The van der Waals surface area contributed by atoms with E-state index in [1.165, 1.54) is 24.3 Å². The molecule has 1 aromatic heterocycles. The van der Waals surface area contributed by atoms with Crippen LogP contribution in [0.5, 0.6) is 0 Å². The first-order valence-corrected chi connectivity index (χ1v) is 13.9. The van der Waals surface area contributed by atoms with Crippen molar-refractivity contribution < 1.29 is 18.7 Å². The number of hydrogen-bond acceptors (Lipinski definition) is 6. The van der Waals surface area contributed by atoms with Gasteiger partial charge in [0.2, 0.25) is 0 Å². The number of hydrogen-bond donors (Lipinski definition) is 0. The van der Waals surface area contributed by atoms with E-state index >= 15 is 0 Å². The molecule has 0 radical (unpaired) electrons.